The molecule has 0 saturated heterocycles. The number of nitrogens with one attached hydrogen (secondary N) is 2. The van der Waals surface area contributed by atoms with Crippen LogP contribution in [0.4, 0.5) is 21.5 Å². The summed E-state index contributed by atoms with van der Waals surface area (Å²) < 4.78 is 18.6. The summed E-state index contributed by atoms with van der Waals surface area (Å²) in [6, 6.07) is 29.7. The molecule has 1 atom stereocenters. The van der Waals surface area contributed by atoms with Gasteiger partial charge in [0.1, 0.15) is 17.7 Å². The van der Waals surface area contributed by atoms with E-state index < -0.39 is 6.17 Å². The molecule has 0 bridgehead atoms. The number of ether oxygens (including phenoxy) is 1. The summed E-state index contributed by atoms with van der Waals surface area (Å²) in [6.07, 6.45) is -0.421. The summed E-state index contributed by atoms with van der Waals surface area (Å²) in [5, 5.41) is 6.12. The van der Waals surface area contributed by atoms with E-state index >= 15 is 0 Å². The number of fused-ring (bicyclic) bond motifs is 1. The number of anilines is 3. The largest absolute Gasteiger partial charge is 0.484 e. The Hall–Kier alpha value is -4.65. The van der Waals surface area contributed by atoms with E-state index in [0.29, 0.717) is 17.0 Å². The first kappa shape index (κ1) is 22.2. The fourth-order valence-corrected chi connectivity index (χ4v) is 3.97. The van der Waals surface area contributed by atoms with E-state index in [2.05, 4.69) is 10.6 Å². The zero-order valence-corrected chi connectivity index (χ0v) is 18.6. The first-order valence-corrected chi connectivity index (χ1v) is 11.1. The maximum absolute atomic E-state index is 13.4. The minimum Gasteiger partial charge on any atom is -0.484 e. The van der Waals surface area contributed by atoms with Crippen LogP contribution in [0.2, 0.25) is 0 Å². The molecule has 0 fully saturated rings. The Morgan fingerprint density at radius 3 is 2.31 bits per heavy atom. The minimum atomic E-state index is -0.421. The van der Waals surface area contributed by atoms with Gasteiger partial charge in [0.05, 0.1) is 5.56 Å². The molecule has 174 valence electrons. The summed E-state index contributed by atoms with van der Waals surface area (Å²) in [6.45, 7) is -0.194. The third-order valence-corrected chi connectivity index (χ3v) is 5.65. The zero-order valence-electron chi connectivity index (χ0n) is 18.6. The highest BCUT2D eigenvalue weighted by molar-refractivity contribution is 6.12. The first-order chi connectivity index (χ1) is 17.1. The van der Waals surface area contributed by atoms with Crippen LogP contribution in [0.25, 0.3) is 0 Å². The molecule has 7 heteroatoms. The van der Waals surface area contributed by atoms with Crippen molar-refractivity contribution in [3.05, 3.63) is 120 Å². The number of benzene rings is 4. The molecule has 0 radical (unpaired) electrons. The number of amides is 2. The van der Waals surface area contributed by atoms with Gasteiger partial charge < -0.3 is 15.4 Å². The average molecular weight is 468 g/mol. The Kier molecular flexibility index (Phi) is 6.13. The number of hydrogen-bond acceptors (Lipinski definition) is 4. The van der Waals surface area contributed by atoms with Crippen LogP contribution < -0.4 is 20.3 Å². The summed E-state index contributed by atoms with van der Waals surface area (Å²) in [4.78, 5) is 27.3. The number of halogens is 1. The predicted octanol–water partition coefficient (Wildman–Crippen LogP) is 5.61. The molecule has 1 unspecified atom stereocenters. The van der Waals surface area contributed by atoms with Crippen molar-refractivity contribution in [2.24, 2.45) is 0 Å². The molecule has 2 N–H and O–H groups in total. The number of nitrogens with zero attached hydrogens (tertiary/aromatic N) is 1. The Labute approximate surface area is 202 Å². The van der Waals surface area contributed by atoms with E-state index in [0.717, 1.165) is 16.9 Å². The highest BCUT2D eigenvalue weighted by atomic mass is 19.1. The van der Waals surface area contributed by atoms with Crippen LogP contribution in [0.5, 0.6) is 5.75 Å². The zero-order chi connectivity index (χ0) is 24.2. The Bertz CT molecular complexity index is 1340. The van der Waals surface area contributed by atoms with Crippen molar-refractivity contribution in [3.8, 4) is 5.75 Å². The lowest BCUT2D eigenvalue weighted by Crippen LogP contribution is -2.43. The summed E-state index contributed by atoms with van der Waals surface area (Å²) in [5.41, 5.74) is 3.51. The molecule has 4 aromatic rings. The SMILES string of the molecule is O=C(COc1ccc(C2Nc3ccccc3C(=O)N2c2ccccc2)cc1)Nc1ccc(F)cc1. The van der Waals surface area contributed by atoms with E-state index in [1.807, 2.05) is 66.7 Å². The maximum Gasteiger partial charge on any atom is 0.262 e. The van der Waals surface area contributed by atoms with Gasteiger partial charge in [0.2, 0.25) is 0 Å². The van der Waals surface area contributed by atoms with E-state index in [4.69, 9.17) is 4.74 Å². The second kappa shape index (κ2) is 9.69. The molecule has 0 aliphatic carbocycles. The number of carbonyl (C=O) groups excluding carboxylic acids is 2. The normalized spacial score (nSPS) is 14.6. The van der Waals surface area contributed by atoms with Crippen LogP contribution in [0.1, 0.15) is 22.1 Å². The summed E-state index contributed by atoms with van der Waals surface area (Å²) >= 11 is 0. The molecular formula is C28H22FN3O3. The number of rotatable bonds is 6. The second-order valence-corrected chi connectivity index (χ2v) is 8.02. The van der Waals surface area contributed by atoms with Crippen LogP contribution in [0.3, 0.4) is 0 Å². The van der Waals surface area contributed by atoms with E-state index in [1.165, 1.54) is 24.3 Å². The van der Waals surface area contributed by atoms with E-state index in [-0.39, 0.29) is 24.2 Å². The highest BCUT2D eigenvalue weighted by Gasteiger charge is 2.33. The van der Waals surface area contributed by atoms with Gasteiger partial charge in [-0.05, 0) is 66.2 Å². The molecule has 4 aromatic carbocycles. The average Bonchev–Trinajstić information content (AvgIpc) is 2.89. The minimum absolute atomic E-state index is 0.0895. The molecule has 1 heterocycles. The van der Waals surface area contributed by atoms with E-state index in [9.17, 15) is 14.0 Å². The molecule has 2 amide bonds. The van der Waals surface area contributed by atoms with Gasteiger partial charge in [-0.3, -0.25) is 14.5 Å². The summed E-state index contributed by atoms with van der Waals surface area (Å²) in [5.74, 6) is -0.306. The van der Waals surface area contributed by atoms with Crippen molar-refractivity contribution in [2.45, 2.75) is 6.17 Å². The van der Waals surface area contributed by atoms with Gasteiger partial charge in [0.25, 0.3) is 11.8 Å². The molecule has 5 rings (SSSR count). The van der Waals surface area contributed by atoms with Gasteiger partial charge in [-0.25, -0.2) is 4.39 Å². The predicted molar refractivity (Wildman–Crippen MR) is 133 cm³/mol. The van der Waals surface area contributed by atoms with Crippen LogP contribution in [0, 0.1) is 5.82 Å². The standard InChI is InChI=1S/C28H22FN3O3/c29-20-12-14-21(15-13-20)30-26(33)18-35-23-16-10-19(11-17-23)27-31-25-9-5-4-8-24(25)28(34)32(27)22-6-2-1-3-7-22/h1-17,27,31H,18H2,(H,30,33). The topological polar surface area (TPSA) is 70.7 Å². The van der Waals surface area contributed by atoms with Crippen molar-refractivity contribution in [1.29, 1.82) is 0 Å². The molecule has 1 aliphatic heterocycles. The summed E-state index contributed by atoms with van der Waals surface area (Å²) in [7, 11) is 0. The third-order valence-electron chi connectivity index (χ3n) is 5.65. The van der Waals surface area contributed by atoms with Crippen LogP contribution in [-0.4, -0.2) is 18.4 Å². The molecule has 0 spiro atoms. The maximum atomic E-state index is 13.4. The molecule has 35 heavy (non-hydrogen) atoms. The van der Waals surface area contributed by atoms with Crippen molar-refractivity contribution in [2.75, 3.05) is 22.1 Å². The lowest BCUT2D eigenvalue weighted by molar-refractivity contribution is -0.118. The van der Waals surface area contributed by atoms with Gasteiger partial charge >= 0.3 is 0 Å². The number of carbonyl (C=O) groups is 2. The lowest BCUT2D eigenvalue weighted by atomic mass is 10.0. The fraction of sp³-hybridized carbons (Fsp3) is 0.0714. The van der Waals surface area contributed by atoms with Crippen molar-refractivity contribution in [1.82, 2.24) is 0 Å². The number of para-hydroxylation sites is 2. The molecular weight excluding hydrogens is 445 g/mol. The molecule has 1 aliphatic rings. The van der Waals surface area contributed by atoms with Crippen molar-refractivity contribution >= 4 is 28.9 Å². The van der Waals surface area contributed by atoms with Crippen LogP contribution >= 0.6 is 0 Å². The first-order valence-electron chi connectivity index (χ1n) is 11.1. The quantitative estimate of drug-likeness (QED) is 0.387. The van der Waals surface area contributed by atoms with Gasteiger partial charge in [0.15, 0.2) is 6.61 Å². The fourth-order valence-electron chi connectivity index (χ4n) is 3.97. The highest BCUT2D eigenvalue weighted by Crippen LogP contribution is 2.36. The van der Waals surface area contributed by atoms with Gasteiger partial charge in [0, 0.05) is 17.1 Å². The Balaban J connectivity index is 1.32. The van der Waals surface area contributed by atoms with Crippen molar-refractivity contribution in [3.63, 3.8) is 0 Å². The monoisotopic (exact) mass is 467 g/mol. The van der Waals surface area contributed by atoms with Crippen LogP contribution in [-0.2, 0) is 4.79 Å². The van der Waals surface area contributed by atoms with Gasteiger partial charge in [-0.15, -0.1) is 0 Å². The Morgan fingerprint density at radius 2 is 1.57 bits per heavy atom. The molecule has 0 aromatic heterocycles. The Morgan fingerprint density at radius 1 is 0.886 bits per heavy atom. The van der Waals surface area contributed by atoms with Gasteiger partial charge in [-0.1, -0.05) is 42.5 Å². The van der Waals surface area contributed by atoms with Crippen molar-refractivity contribution < 1.29 is 18.7 Å². The second-order valence-electron chi connectivity index (χ2n) is 8.02. The molecule has 6 nitrogen and oxygen atoms in total. The van der Waals surface area contributed by atoms with Gasteiger partial charge in [-0.2, -0.15) is 0 Å². The smallest absolute Gasteiger partial charge is 0.262 e. The van der Waals surface area contributed by atoms with E-state index in [1.54, 1.807) is 17.0 Å². The molecule has 0 saturated carbocycles. The number of hydrogen-bond donors (Lipinski definition) is 2. The van der Waals surface area contributed by atoms with Crippen LogP contribution in [0.15, 0.2) is 103 Å². The third kappa shape index (κ3) is 4.84. The lowest BCUT2D eigenvalue weighted by Gasteiger charge is -2.38.